The third kappa shape index (κ3) is 3.38. The summed E-state index contributed by atoms with van der Waals surface area (Å²) >= 11 is 0. The number of halogens is 1. The molecule has 0 saturated carbocycles. The van der Waals surface area contributed by atoms with Gasteiger partial charge in [-0.1, -0.05) is 0 Å². The van der Waals surface area contributed by atoms with Crippen LogP contribution in [0.4, 0.5) is 14.9 Å². The van der Waals surface area contributed by atoms with E-state index in [9.17, 15) is 14.0 Å². The first-order chi connectivity index (χ1) is 6.99. The zero-order chi connectivity index (χ0) is 11.4. The Labute approximate surface area is 85.7 Å². The van der Waals surface area contributed by atoms with Gasteiger partial charge in [-0.2, -0.15) is 0 Å². The molecule has 0 heterocycles. The van der Waals surface area contributed by atoms with E-state index in [4.69, 9.17) is 5.11 Å². The van der Waals surface area contributed by atoms with Crippen molar-refractivity contribution in [2.45, 2.75) is 13.3 Å². The molecule has 5 heteroatoms. The van der Waals surface area contributed by atoms with Gasteiger partial charge in [0.25, 0.3) is 0 Å². The molecule has 1 aromatic rings. The van der Waals surface area contributed by atoms with Crippen LogP contribution in [0.25, 0.3) is 0 Å². The number of anilines is 1. The summed E-state index contributed by atoms with van der Waals surface area (Å²) in [7, 11) is 0. The Morgan fingerprint density at radius 3 is 2.67 bits per heavy atom. The molecule has 2 N–H and O–H groups in total. The summed E-state index contributed by atoms with van der Waals surface area (Å²) < 4.78 is 12.8. The van der Waals surface area contributed by atoms with Gasteiger partial charge in [0.1, 0.15) is 11.6 Å². The van der Waals surface area contributed by atoms with E-state index in [-0.39, 0.29) is 17.9 Å². The number of nitrogens with one attached hydrogen (secondary N) is 1. The number of hydrogen-bond donors (Lipinski definition) is 2. The summed E-state index contributed by atoms with van der Waals surface area (Å²) in [5.74, 6) is -0.656. The highest BCUT2D eigenvalue weighted by Crippen LogP contribution is 2.17. The number of Topliss-reactive ketones (excluding diaryl/α,β-unsaturated/α-hetero) is 1. The highest BCUT2D eigenvalue weighted by molar-refractivity contribution is 5.86. The molecule has 0 unspecified atom stereocenters. The Bertz CT molecular complexity index is 404. The van der Waals surface area contributed by atoms with Crippen molar-refractivity contribution in [3.63, 3.8) is 0 Å². The maximum absolute atomic E-state index is 12.8. The highest BCUT2D eigenvalue weighted by atomic mass is 19.1. The molecule has 1 aromatic carbocycles. The van der Waals surface area contributed by atoms with E-state index in [2.05, 4.69) is 5.32 Å². The second kappa shape index (κ2) is 4.54. The predicted molar refractivity (Wildman–Crippen MR) is 52.4 cm³/mol. The predicted octanol–water partition coefficient (Wildman–Crippen LogP) is 2.05. The van der Waals surface area contributed by atoms with E-state index < -0.39 is 11.9 Å². The maximum Gasteiger partial charge on any atom is 0.409 e. The van der Waals surface area contributed by atoms with Crippen molar-refractivity contribution in [1.29, 1.82) is 0 Å². The molecule has 0 saturated heterocycles. The zero-order valence-corrected chi connectivity index (χ0v) is 8.08. The second-order valence-corrected chi connectivity index (χ2v) is 3.11. The maximum atomic E-state index is 12.8. The van der Waals surface area contributed by atoms with Gasteiger partial charge in [-0.25, -0.2) is 9.18 Å². The number of benzene rings is 1. The SMILES string of the molecule is CC(=O)Cc1cc(F)ccc1NC(=O)O. The third-order valence-corrected chi connectivity index (χ3v) is 1.75. The number of carbonyl (C=O) groups is 2. The normalized spacial score (nSPS) is 9.73. The molecule has 0 fully saturated rings. The van der Waals surface area contributed by atoms with Crippen LogP contribution >= 0.6 is 0 Å². The Hall–Kier alpha value is -1.91. The van der Waals surface area contributed by atoms with Crippen molar-refractivity contribution in [3.05, 3.63) is 29.6 Å². The topological polar surface area (TPSA) is 66.4 Å². The average molecular weight is 211 g/mol. The lowest BCUT2D eigenvalue weighted by Crippen LogP contribution is -2.11. The second-order valence-electron chi connectivity index (χ2n) is 3.11. The molecule has 0 bridgehead atoms. The van der Waals surface area contributed by atoms with E-state index in [1.807, 2.05) is 0 Å². The van der Waals surface area contributed by atoms with Crippen molar-refractivity contribution in [2.75, 3.05) is 5.32 Å². The van der Waals surface area contributed by atoms with Crippen LogP contribution in [-0.4, -0.2) is 17.0 Å². The summed E-state index contributed by atoms with van der Waals surface area (Å²) in [4.78, 5) is 21.3. The number of ketones is 1. The quantitative estimate of drug-likeness (QED) is 0.804. The fraction of sp³-hybridized carbons (Fsp3) is 0.200. The lowest BCUT2D eigenvalue weighted by atomic mass is 10.1. The minimum absolute atomic E-state index is 0.00731. The van der Waals surface area contributed by atoms with Crippen molar-refractivity contribution in [3.8, 4) is 0 Å². The Morgan fingerprint density at radius 1 is 1.47 bits per heavy atom. The highest BCUT2D eigenvalue weighted by Gasteiger charge is 2.08. The molecule has 0 aliphatic rings. The minimum atomic E-state index is -1.24. The summed E-state index contributed by atoms with van der Waals surface area (Å²) in [5.41, 5.74) is 0.573. The first kappa shape index (κ1) is 11.2. The van der Waals surface area contributed by atoms with Gasteiger partial charge in [-0.05, 0) is 30.7 Å². The molecular weight excluding hydrogens is 201 g/mol. The molecule has 0 aromatic heterocycles. The number of hydrogen-bond acceptors (Lipinski definition) is 2. The van der Waals surface area contributed by atoms with Gasteiger partial charge in [-0.15, -0.1) is 0 Å². The summed E-state index contributed by atoms with van der Waals surface area (Å²) in [6, 6.07) is 3.57. The lowest BCUT2D eigenvalue weighted by Gasteiger charge is -2.07. The molecule has 80 valence electrons. The molecular formula is C10H10FNO3. The van der Waals surface area contributed by atoms with Crippen LogP contribution < -0.4 is 5.32 Å². The van der Waals surface area contributed by atoms with Crippen molar-refractivity contribution >= 4 is 17.6 Å². The third-order valence-electron chi connectivity index (χ3n) is 1.75. The lowest BCUT2D eigenvalue weighted by molar-refractivity contribution is -0.116. The fourth-order valence-corrected chi connectivity index (χ4v) is 1.21. The van der Waals surface area contributed by atoms with E-state index in [0.29, 0.717) is 5.56 Å². The van der Waals surface area contributed by atoms with Crippen molar-refractivity contribution < 1.29 is 19.1 Å². The van der Waals surface area contributed by atoms with Crippen LogP contribution in [0.2, 0.25) is 0 Å². The van der Waals surface area contributed by atoms with Crippen LogP contribution in [-0.2, 0) is 11.2 Å². The molecule has 0 aliphatic carbocycles. The van der Waals surface area contributed by atoms with Crippen molar-refractivity contribution in [2.24, 2.45) is 0 Å². The Kier molecular flexibility index (Phi) is 3.38. The van der Waals surface area contributed by atoms with E-state index >= 15 is 0 Å². The Balaban J connectivity index is 3.02. The number of amides is 1. The molecule has 0 aliphatic heterocycles. The first-order valence-electron chi connectivity index (χ1n) is 4.27. The molecule has 15 heavy (non-hydrogen) atoms. The first-order valence-corrected chi connectivity index (χ1v) is 4.27. The van der Waals surface area contributed by atoms with Gasteiger partial charge < -0.3 is 5.11 Å². The summed E-state index contributed by atoms with van der Waals surface area (Å²) in [6.07, 6.45) is -1.24. The molecule has 0 atom stereocenters. The van der Waals surface area contributed by atoms with Crippen LogP contribution in [0, 0.1) is 5.82 Å². The standard InChI is InChI=1S/C10H10FNO3/c1-6(13)4-7-5-8(11)2-3-9(7)12-10(14)15/h2-3,5,12H,4H2,1H3,(H,14,15). The van der Waals surface area contributed by atoms with Crippen LogP contribution in [0.3, 0.4) is 0 Å². The summed E-state index contributed by atoms with van der Waals surface area (Å²) in [6.45, 7) is 1.36. The largest absolute Gasteiger partial charge is 0.465 e. The van der Waals surface area contributed by atoms with Gasteiger partial charge in [0.2, 0.25) is 0 Å². The number of rotatable bonds is 3. The van der Waals surface area contributed by atoms with Gasteiger partial charge in [-0.3, -0.25) is 10.1 Å². The molecule has 0 spiro atoms. The van der Waals surface area contributed by atoms with Crippen LogP contribution in [0.1, 0.15) is 12.5 Å². The molecule has 4 nitrogen and oxygen atoms in total. The number of carbonyl (C=O) groups excluding carboxylic acids is 1. The molecule has 1 amide bonds. The van der Waals surface area contributed by atoms with Crippen LogP contribution in [0.5, 0.6) is 0 Å². The van der Waals surface area contributed by atoms with Gasteiger partial charge in [0, 0.05) is 12.1 Å². The van der Waals surface area contributed by atoms with E-state index in [1.54, 1.807) is 0 Å². The zero-order valence-electron chi connectivity index (χ0n) is 8.08. The minimum Gasteiger partial charge on any atom is -0.465 e. The summed E-state index contributed by atoms with van der Waals surface area (Å²) in [5, 5.41) is 10.6. The van der Waals surface area contributed by atoms with Gasteiger partial charge in [0.05, 0.1) is 0 Å². The van der Waals surface area contributed by atoms with Crippen molar-refractivity contribution in [1.82, 2.24) is 0 Å². The van der Waals surface area contributed by atoms with E-state index in [1.165, 1.54) is 13.0 Å². The Morgan fingerprint density at radius 2 is 2.13 bits per heavy atom. The van der Waals surface area contributed by atoms with Crippen LogP contribution in [0.15, 0.2) is 18.2 Å². The molecule has 0 radical (unpaired) electrons. The average Bonchev–Trinajstić information content (AvgIpc) is 2.08. The van der Waals surface area contributed by atoms with Gasteiger partial charge >= 0.3 is 6.09 Å². The smallest absolute Gasteiger partial charge is 0.409 e. The monoisotopic (exact) mass is 211 g/mol. The number of carboxylic acid groups (broad SMARTS) is 1. The fourth-order valence-electron chi connectivity index (χ4n) is 1.21. The molecule has 1 rings (SSSR count). The van der Waals surface area contributed by atoms with E-state index in [0.717, 1.165) is 12.1 Å². The van der Waals surface area contributed by atoms with Gasteiger partial charge in [0.15, 0.2) is 0 Å².